The van der Waals surface area contributed by atoms with Gasteiger partial charge in [-0.2, -0.15) is 0 Å². The molecule has 4 fully saturated rings. The van der Waals surface area contributed by atoms with Gasteiger partial charge >= 0.3 is 0 Å². The van der Waals surface area contributed by atoms with Crippen molar-refractivity contribution >= 4 is 5.91 Å². The Balaban J connectivity index is 1.55. The van der Waals surface area contributed by atoms with Crippen molar-refractivity contribution in [2.45, 2.75) is 117 Å². The van der Waals surface area contributed by atoms with Gasteiger partial charge in [-0.1, -0.05) is 77.7 Å². The van der Waals surface area contributed by atoms with Gasteiger partial charge in [0.05, 0.1) is 12.1 Å². The lowest BCUT2D eigenvalue weighted by Crippen LogP contribution is -2.44. The number of carbonyl (C=O) groups excluding carboxylic acids is 1. The van der Waals surface area contributed by atoms with Crippen LogP contribution in [-0.4, -0.2) is 23.6 Å². The van der Waals surface area contributed by atoms with Crippen LogP contribution < -0.4 is 16.4 Å². The zero-order valence-corrected chi connectivity index (χ0v) is 25.4. The van der Waals surface area contributed by atoms with E-state index in [9.17, 15) is 4.79 Å². The van der Waals surface area contributed by atoms with E-state index < -0.39 is 5.91 Å². The fourth-order valence-electron chi connectivity index (χ4n) is 8.09. The van der Waals surface area contributed by atoms with Gasteiger partial charge in [-0.15, -0.1) is 0 Å². The third-order valence-corrected chi connectivity index (χ3v) is 10.5. The summed E-state index contributed by atoms with van der Waals surface area (Å²) >= 11 is 0. The summed E-state index contributed by atoms with van der Waals surface area (Å²) in [6, 6.07) is -0.0187. The molecule has 4 aliphatic rings. The molecule has 0 aliphatic heterocycles. The minimum Gasteiger partial charge on any atom is -0.474 e. The molecule has 1 amide bonds. The lowest BCUT2D eigenvalue weighted by molar-refractivity contribution is -0.114. The molecule has 0 aromatic carbocycles. The smallest absolute Gasteiger partial charge is 0.246 e. The van der Waals surface area contributed by atoms with Crippen molar-refractivity contribution in [1.82, 2.24) is 10.6 Å². The van der Waals surface area contributed by atoms with Gasteiger partial charge in [0.2, 0.25) is 5.91 Å². The zero-order chi connectivity index (χ0) is 28.7. The van der Waals surface area contributed by atoms with E-state index >= 15 is 0 Å². The molecule has 6 unspecified atom stereocenters. The second kappa shape index (κ2) is 11.4. The van der Waals surface area contributed by atoms with Crippen LogP contribution in [0.25, 0.3) is 0 Å². The molecule has 4 N–H and O–H groups in total. The number of hydrogen-bond acceptors (Lipinski definition) is 4. The minimum atomic E-state index is -0.421. The van der Waals surface area contributed by atoms with Gasteiger partial charge in [0.15, 0.2) is 5.88 Å². The van der Waals surface area contributed by atoms with Gasteiger partial charge in [-0.25, -0.2) is 0 Å². The lowest BCUT2D eigenvalue weighted by Gasteiger charge is -2.40. The van der Waals surface area contributed by atoms with Crippen LogP contribution in [0.4, 0.5) is 0 Å². The Morgan fingerprint density at radius 1 is 1.00 bits per heavy atom. The molecular formula is C34H55N3O2. The molecule has 0 aromatic heterocycles. The van der Waals surface area contributed by atoms with Gasteiger partial charge in [0.25, 0.3) is 0 Å². The van der Waals surface area contributed by atoms with E-state index in [2.05, 4.69) is 65.0 Å². The van der Waals surface area contributed by atoms with Gasteiger partial charge < -0.3 is 21.1 Å². The summed E-state index contributed by atoms with van der Waals surface area (Å²) in [7, 11) is 0. The Morgan fingerprint density at radius 3 is 2.18 bits per heavy atom. The molecule has 4 saturated carbocycles. The third kappa shape index (κ3) is 6.60. The van der Waals surface area contributed by atoms with Crippen molar-refractivity contribution in [2.75, 3.05) is 0 Å². The van der Waals surface area contributed by atoms with Crippen LogP contribution in [0.2, 0.25) is 0 Å². The molecule has 5 nitrogen and oxygen atoms in total. The molecule has 0 spiro atoms. The molecule has 0 saturated heterocycles. The van der Waals surface area contributed by atoms with E-state index in [4.69, 9.17) is 17.0 Å². The number of hydrogen-bond donors (Lipinski definition) is 3. The summed E-state index contributed by atoms with van der Waals surface area (Å²) in [6.07, 6.45) is 12.0. The first kappa shape index (κ1) is 29.8. The van der Waals surface area contributed by atoms with E-state index in [1.165, 1.54) is 56.9 Å². The van der Waals surface area contributed by atoms with Crippen LogP contribution >= 0.6 is 0 Å². The summed E-state index contributed by atoms with van der Waals surface area (Å²) in [6.45, 7) is 28.7. The number of amides is 1. The zero-order valence-electron chi connectivity index (χ0n) is 25.4. The topological polar surface area (TPSA) is 76.4 Å². The summed E-state index contributed by atoms with van der Waals surface area (Å²) in [5.74, 6) is 3.18. The molecule has 0 radical (unpaired) electrons. The number of nitrogens with one attached hydrogen (secondary N) is 2. The van der Waals surface area contributed by atoms with E-state index in [0.29, 0.717) is 46.5 Å². The normalized spacial score (nSPS) is 29.8. The Kier molecular flexibility index (Phi) is 8.69. The number of allylic oxidation sites excluding steroid dienone is 1. The molecule has 218 valence electrons. The molecule has 0 bridgehead atoms. The summed E-state index contributed by atoms with van der Waals surface area (Å²) < 4.78 is 6.13. The van der Waals surface area contributed by atoms with E-state index in [1.807, 2.05) is 0 Å². The predicted molar refractivity (Wildman–Crippen MR) is 161 cm³/mol. The van der Waals surface area contributed by atoms with Crippen LogP contribution in [0.5, 0.6) is 0 Å². The maximum atomic E-state index is 12.2. The molecule has 39 heavy (non-hydrogen) atoms. The summed E-state index contributed by atoms with van der Waals surface area (Å²) in [5.41, 5.74) is 8.47. The molecule has 6 atom stereocenters. The first-order chi connectivity index (χ1) is 18.2. The van der Waals surface area contributed by atoms with Crippen molar-refractivity contribution in [3.8, 4) is 0 Å². The van der Waals surface area contributed by atoms with Crippen molar-refractivity contribution in [3.05, 3.63) is 49.0 Å². The highest BCUT2D eigenvalue weighted by atomic mass is 16.5. The van der Waals surface area contributed by atoms with E-state index in [-0.39, 0.29) is 23.6 Å². The number of nitrogens with two attached hydrogens (primary N) is 1. The predicted octanol–water partition coefficient (Wildman–Crippen LogP) is 6.98. The Bertz CT molecular complexity index is 979. The number of rotatable bonds is 13. The van der Waals surface area contributed by atoms with Crippen LogP contribution in [-0.2, 0) is 9.53 Å². The number of fused-ring (bicyclic) bond motifs is 1. The van der Waals surface area contributed by atoms with E-state index in [1.54, 1.807) is 0 Å². The van der Waals surface area contributed by atoms with Crippen LogP contribution in [0, 0.1) is 40.9 Å². The van der Waals surface area contributed by atoms with Crippen molar-refractivity contribution in [3.63, 3.8) is 0 Å². The molecule has 4 rings (SSSR count). The molecule has 0 heterocycles. The maximum absolute atomic E-state index is 12.2. The van der Waals surface area contributed by atoms with Crippen molar-refractivity contribution in [2.24, 2.45) is 46.7 Å². The van der Waals surface area contributed by atoms with E-state index in [0.717, 1.165) is 18.5 Å². The van der Waals surface area contributed by atoms with Crippen molar-refractivity contribution < 1.29 is 9.53 Å². The van der Waals surface area contributed by atoms with Crippen molar-refractivity contribution in [1.29, 1.82) is 0 Å². The fourth-order valence-corrected chi connectivity index (χ4v) is 8.09. The molecule has 4 aliphatic carbocycles. The van der Waals surface area contributed by atoms with Crippen LogP contribution in [0.15, 0.2) is 49.0 Å². The minimum absolute atomic E-state index is 0.132. The van der Waals surface area contributed by atoms with Gasteiger partial charge in [0.1, 0.15) is 5.60 Å². The molecular weight excluding hydrogens is 482 g/mol. The second-order valence-electron chi connectivity index (χ2n) is 14.7. The average molecular weight is 538 g/mol. The average Bonchev–Trinajstić information content (AvgIpc) is 3.15. The lowest BCUT2D eigenvalue weighted by atomic mass is 9.72. The van der Waals surface area contributed by atoms with Gasteiger partial charge in [0, 0.05) is 17.2 Å². The molecule has 5 heteroatoms. The monoisotopic (exact) mass is 537 g/mol. The quantitative estimate of drug-likeness (QED) is 0.135. The highest BCUT2D eigenvalue weighted by Crippen LogP contribution is 2.72. The largest absolute Gasteiger partial charge is 0.474 e. The first-order valence-electron chi connectivity index (χ1n) is 15.5. The second-order valence-corrected chi connectivity index (χ2v) is 14.7. The third-order valence-electron chi connectivity index (χ3n) is 10.5. The Hall–Kier alpha value is -2.17. The first-order valence-corrected chi connectivity index (χ1v) is 15.5. The Labute approximate surface area is 238 Å². The standard InChI is InChI=1S/C34H55N3O2/c1-20(31(25-16-11-10-12-17-25)37-23(4)39-33(5,6)7)26-19-27-30(34(27,8)9)29(26)22(3)36-28(21(2)32(35)38)18-24-14-13-15-24/h24-31,36-37H,1-4,10-19H2,5-9H3,(H2,35,38). The van der Waals surface area contributed by atoms with Gasteiger partial charge in [-0.3, -0.25) is 4.79 Å². The molecule has 0 aromatic rings. The number of primary amides is 1. The van der Waals surface area contributed by atoms with Crippen LogP contribution in [0.3, 0.4) is 0 Å². The number of carbonyl (C=O) groups is 1. The SMILES string of the molecule is C=C(NC(C(=C)C1CC2C(C1C(=C)NC(CC1CCC1)C(=C)C(N)=O)C2(C)C)C1CCCCC1)OC(C)(C)C. The fraction of sp³-hybridized carbons (Fsp3) is 0.735. The van der Waals surface area contributed by atoms with Crippen LogP contribution in [0.1, 0.15) is 98.8 Å². The Morgan fingerprint density at radius 2 is 1.64 bits per heavy atom. The maximum Gasteiger partial charge on any atom is 0.246 e. The summed E-state index contributed by atoms with van der Waals surface area (Å²) in [5, 5.41) is 7.41. The summed E-state index contributed by atoms with van der Waals surface area (Å²) in [4.78, 5) is 12.2. The highest BCUT2D eigenvalue weighted by molar-refractivity contribution is 5.92. The number of ether oxygens (including phenoxy) is 1. The highest BCUT2D eigenvalue weighted by Gasteiger charge is 2.68. The van der Waals surface area contributed by atoms with Gasteiger partial charge in [-0.05, 0) is 88.0 Å².